The Bertz CT molecular complexity index is 773. The largest absolute Gasteiger partial charge is 0.464 e. The topological polar surface area (TPSA) is 74.7 Å². The van der Waals surface area contributed by atoms with Crippen molar-refractivity contribution in [1.82, 2.24) is 9.97 Å². The Morgan fingerprint density at radius 2 is 2.15 bits per heavy atom. The number of anilines is 1. The number of rotatable bonds is 4. The predicted octanol–water partition coefficient (Wildman–Crippen LogP) is 2.75. The van der Waals surface area contributed by atoms with Crippen LogP contribution in [-0.4, -0.2) is 16.5 Å². The Balaban J connectivity index is 1.66. The molecule has 0 unspecified atom stereocenters. The van der Waals surface area contributed by atoms with E-state index in [0.717, 1.165) is 23.0 Å². The van der Waals surface area contributed by atoms with E-state index in [2.05, 4.69) is 15.3 Å². The molecule has 0 aliphatic rings. The molecule has 0 aliphatic carbocycles. The average Bonchev–Trinajstić information content (AvgIpc) is 2.91. The minimum Gasteiger partial charge on any atom is -0.464 e. The van der Waals surface area contributed by atoms with Crippen LogP contribution in [0.25, 0.3) is 11.0 Å². The van der Waals surface area contributed by atoms with Gasteiger partial charge in [0.05, 0.1) is 6.26 Å². The summed E-state index contributed by atoms with van der Waals surface area (Å²) >= 11 is 0. The standard InChI is InChI=1S/C15H12N4O/c16-8-12-7-15(19-10-18-12)17-6-5-11-9-20-14-4-2-1-3-13(11)14/h1-4,7,9-10H,5-6H2,(H,17,18,19). The Morgan fingerprint density at radius 1 is 1.25 bits per heavy atom. The molecule has 2 heterocycles. The van der Waals surface area contributed by atoms with Crippen LogP contribution >= 0.6 is 0 Å². The van der Waals surface area contributed by atoms with Crippen molar-refractivity contribution >= 4 is 16.8 Å². The van der Waals surface area contributed by atoms with E-state index in [-0.39, 0.29) is 0 Å². The zero-order valence-electron chi connectivity index (χ0n) is 10.7. The Labute approximate surface area is 115 Å². The first-order chi connectivity index (χ1) is 9.86. The maximum Gasteiger partial charge on any atom is 0.145 e. The Kier molecular flexibility index (Phi) is 3.29. The molecule has 1 N–H and O–H groups in total. The Hall–Kier alpha value is -2.87. The molecule has 0 aliphatic heterocycles. The van der Waals surface area contributed by atoms with Gasteiger partial charge in [0, 0.05) is 18.0 Å². The van der Waals surface area contributed by atoms with Crippen LogP contribution in [0.1, 0.15) is 11.3 Å². The van der Waals surface area contributed by atoms with E-state index in [1.807, 2.05) is 30.3 Å². The molecule has 20 heavy (non-hydrogen) atoms. The first-order valence-electron chi connectivity index (χ1n) is 6.28. The third-order valence-electron chi connectivity index (χ3n) is 3.04. The number of nitrogens with zero attached hydrogens (tertiary/aromatic N) is 3. The molecule has 0 spiro atoms. The highest BCUT2D eigenvalue weighted by Gasteiger charge is 2.04. The molecule has 1 aromatic carbocycles. The first-order valence-corrected chi connectivity index (χ1v) is 6.28. The van der Waals surface area contributed by atoms with Crippen molar-refractivity contribution in [1.29, 1.82) is 5.26 Å². The zero-order valence-corrected chi connectivity index (χ0v) is 10.7. The molecule has 0 bridgehead atoms. The van der Waals surface area contributed by atoms with Gasteiger partial charge < -0.3 is 9.73 Å². The summed E-state index contributed by atoms with van der Waals surface area (Å²) in [7, 11) is 0. The summed E-state index contributed by atoms with van der Waals surface area (Å²) in [6.07, 6.45) is 3.99. The van der Waals surface area contributed by atoms with Crippen LogP contribution in [0, 0.1) is 11.3 Å². The number of nitrogens with one attached hydrogen (secondary N) is 1. The Morgan fingerprint density at radius 3 is 3.05 bits per heavy atom. The molecule has 0 amide bonds. The summed E-state index contributed by atoms with van der Waals surface area (Å²) in [5.74, 6) is 0.657. The summed E-state index contributed by atoms with van der Waals surface area (Å²) < 4.78 is 5.49. The lowest BCUT2D eigenvalue weighted by Gasteiger charge is -2.04. The van der Waals surface area contributed by atoms with Crippen LogP contribution in [0.4, 0.5) is 5.82 Å². The van der Waals surface area contributed by atoms with Crippen molar-refractivity contribution < 1.29 is 4.42 Å². The molecule has 0 saturated heterocycles. The molecular formula is C15H12N4O. The number of fused-ring (bicyclic) bond motifs is 1. The van der Waals surface area contributed by atoms with Gasteiger partial charge in [0.15, 0.2) is 0 Å². The molecule has 0 saturated carbocycles. The lowest BCUT2D eigenvalue weighted by molar-refractivity contribution is 0.610. The fraction of sp³-hybridized carbons (Fsp3) is 0.133. The van der Waals surface area contributed by atoms with Gasteiger partial charge in [-0.2, -0.15) is 5.26 Å². The van der Waals surface area contributed by atoms with E-state index >= 15 is 0 Å². The van der Waals surface area contributed by atoms with Gasteiger partial charge in [-0.3, -0.25) is 0 Å². The van der Waals surface area contributed by atoms with Crippen molar-refractivity contribution in [3.8, 4) is 6.07 Å². The van der Waals surface area contributed by atoms with Gasteiger partial charge in [-0.05, 0) is 18.1 Å². The van der Waals surface area contributed by atoms with Crippen molar-refractivity contribution in [2.45, 2.75) is 6.42 Å². The number of benzene rings is 1. The van der Waals surface area contributed by atoms with Crippen LogP contribution in [-0.2, 0) is 6.42 Å². The van der Waals surface area contributed by atoms with Gasteiger partial charge in [0.2, 0.25) is 0 Å². The van der Waals surface area contributed by atoms with E-state index in [9.17, 15) is 0 Å². The van der Waals surface area contributed by atoms with E-state index in [0.29, 0.717) is 18.1 Å². The number of para-hydroxylation sites is 1. The number of nitriles is 1. The van der Waals surface area contributed by atoms with E-state index in [4.69, 9.17) is 9.68 Å². The number of furan rings is 1. The quantitative estimate of drug-likeness (QED) is 0.784. The van der Waals surface area contributed by atoms with Gasteiger partial charge in [0.1, 0.15) is 29.5 Å². The van der Waals surface area contributed by atoms with E-state index in [1.165, 1.54) is 6.33 Å². The number of hydrogen-bond acceptors (Lipinski definition) is 5. The van der Waals surface area contributed by atoms with Crippen LogP contribution < -0.4 is 5.32 Å². The van der Waals surface area contributed by atoms with Gasteiger partial charge in [-0.1, -0.05) is 18.2 Å². The average molecular weight is 264 g/mol. The molecule has 98 valence electrons. The summed E-state index contributed by atoms with van der Waals surface area (Å²) in [6.45, 7) is 0.714. The highest BCUT2D eigenvalue weighted by atomic mass is 16.3. The second kappa shape index (κ2) is 5.41. The first kappa shape index (κ1) is 12.2. The van der Waals surface area contributed by atoms with Crippen molar-refractivity contribution in [3.05, 3.63) is 54.2 Å². The summed E-state index contributed by atoms with van der Waals surface area (Å²) in [6, 6.07) is 11.6. The third kappa shape index (κ3) is 2.45. The molecule has 0 atom stereocenters. The van der Waals surface area contributed by atoms with Gasteiger partial charge in [0.25, 0.3) is 0 Å². The van der Waals surface area contributed by atoms with Crippen molar-refractivity contribution in [3.63, 3.8) is 0 Å². The smallest absolute Gasteiger partial charge is 0.145 e. The molecule has 3 rings (SSSR count). The van der Waals surface area contributed by atoms with Crippen LogP contribution in [0.15, 0.2) is 47.3 Å². The second-order valence-corrected chi connectivity index (χ2v) is 4.33. The highest BCUT2D eigenvalue weighted by molar-refractivity contribution is 5.80. The lowest BCUT2D eigenvalue weighted by atomic mass is 10.1. The fourth-order valence-electron chi connectivity index (χ4n) is 2.07. The van der Waals surface area contributed by atoms with Crippen molar-refractivity contribution in [2.75, 3.05) is 11.9 Å². The van der Waals surface area contributed by atoms with Crippen molar-refractivity contribution in [2.24, 2.45) is 0 Å². The zero-order chi connectivity index (χ0) is 13.8. The lowest BCUT2D eigenvalue weighted by Crippen LogP contribution is -2.06. The summed E-state index contributed by atoms with van der Waals surface area (Å²) in [5.41, 5.74) is 2.41. The minimum absolute atomic E-state index is 0.358. The maximum atomic E-state index is 8.78. The van der Waals surface area contributed by atoms with Gasteiger partial charge >= 0.3 is 0 Å². The maximum absolute atomic E-state index is 8.78. The van der Waals surface area contributed by atoms with E-state index in [1.54, 1.807) is 12.3 Å². The molecule has 0 radical (unpaired) electrons. The monoisotopic (exact) mass is 264 g/mol. The summed E-state index contributed by atoms with van der Waals surface area (Å²) in [5, 5.41) is 13.1. The third-order valence-corrected chi connectivity index (χ3v) is 3.04. The number of hydrogen-bond donors (Lipinski definition) is 1. The summed E-state index contributed by atoms with van der Waals surface area (Å²) in [4.78, 5) is 7.90. The van der Waals surface area contributed by atoms with Crippen LogP contribution in [0.3, 0.4) is 0 Å². The molecule has 3 aromatic rings. The number of aromatic nitrogens is 2. The highest BCUT2D eigenvalue weighted by Crippen LogP contribution is 2.20. The van der Waals surface area contributed by atoms with Gasteiger partial charge in [-0.25, -0.2) is 9.97 Å². The van der Waals surface area contributed by atoms with Crippen LogP contribution in [0.5, 0.6) is 0 Å². The molecule has 5 nitrogen and oxygen atoms in total. The van der Waals surface area contributed by atoms with E-state index < -0.39 is 0 Å². The molecule has 2 aromatic heterocycles. The predicted molar refractivity (Wildman–Crippen MR) is 75.2 cm³/mol. The molecule has 0 fully saturated rings. The molecule has 5 heteroatoms. The van der Waals surface area contributed by atoms with Gasteiger partial charge in [-0.15, -0.1) is 0 Å². The molecular weight excluding hydrogens is 252 g/mol. The second-order valence-electron chi connectivity index (χ2n) is 4.33. The fourth-order valence-corrected chi connectivity index (χ4v) is 2.07. The normalized spacial score (nSPS) is 10.3. The SMILES string of the molecule is N#Cc1cc(NCCc2coc3ccccc23)ncn1. The van der Waals surface area contributed by atoms with Crippen LogP contribution in [0.2, 0.25) is 0 Å². The minimum atomic E-state index is 0.358.